The largest absolute Gasteiger partial charge is 0.454 e. The number of nitrogens with zero attached hydrogens (tertiary/aromatic N) is 4. The summed E-state index contributed by atoms with van der Waals surface area (Å²) in [7, 11) is 0. The number of rotatable bonds is 5. The smallest absolute Gasteiger partial charge is 0.232 e. The molecule has 0 spiro atoms. The number of hydrogen-bond donors (Lipinski definition) is 2. The van der Waals surface area contributed by atoms with Crippen molar-refractivity contribution in [2.75, 3.05) is 48.1 Å². The molecule has 4 heterocycles. The summed E-state index contributed by atoms with van der Waals surface area (Å²) in [6.45, 7) is 9.60. The molecule has 2 fully saturated rings. The zero-order valence-electron chi connectivity index (χ0n) is 20.0. The van der Waals surface area contributed by atoms with E-state index in [0.717, 1.165) is 60.8 Å². The Kier molecular flexibility index (Phi) is 6.89. The van der Waals surface area contributed by atoms with Gasteiger partial charge in [0.1, 0.15) is 11.6 Å². The highest BCUT2D eigenvalue weighted by molar-refractivity contribution is 7.80. The molecule has 0 saturated carbocycles. The maximum Gasteiger partial charge on any atom is 0.232 e. The highest BCUT2D eigenvalue weighted by Gasteiger charge is 2.23. The van der Waals surface area contributed by atoms with Crippen LogP contribution in [0.1, 0.15) is 45.1 Å². The van der Waals surface area contributed by atoms with Gasteiger partial charge in [-0.2, -0.15) is 9.97 Å². The van der Waals surface area contributed by atoms with Crippen molar-refractivity contribution in [2.45, 2.75) is 46.1 Å². The molecule has 34 heavy (non-hydrogen) atoms. The number of nitrogens with one attached hydrogen (secondary N) is 2. The molecule has 3 aliphatic rings. The van der Waals surface area contributed by atoms with Gasteiger partial charge >= 0.3 is 0 Å². The zero-order chi connectivity index (χ0) is 23.5. The molecule has 1 aromatic heterocycles. The van der Waals surface area contributed by atoms with E-state index in [4.69, 9.17) is 31.7 Å². The molecule has 8 nitrogen and oxygen atoms in total. The molecule has 0 bridgehead atoms. The maximum atomic E-state index is 5.58. The Bertz CT molecular complexity index is 1030. The van der Waals surface area contributed by atoms with Gasteiger partial charge in [-0.3, -0.25) is 0 Å². The van der Waals surface area contributed by atoms with E-state index in [1.54, 1.807) is 0 Å². The van der Waals surface area contributed by atoms with Crippen LogP contribution in [0.3, 0.4) is 0 Å². The Morgan fingerprint density at radius 1 is 0.971 bits per heavy atom. The van der Waals surface area contributed by atoms with E-state index in [1.165, 1.54) is 25.7 Å². The van der Waals surface area contributed by atoms with E-state index in [1.807, 2.05) is 18.2 Å². The third-order valence-electron chi connectivity index (χ3n) is 6.90. The minimum absolute atomic E-state index is 0.272. The van der Waals surface area contributed by atoms with E-state index < -0.39 is 0 Å². The summed E-state index contributed by atoms with van der Waals surface area (Å²) in [5.41, 5.74) is 1.06. The second kappa shape index (κ2) is 10.2. The van der Waals surface area contributed by atoms with E-state index in [2.05, 4.69) is 40.3 Å². The van der Waals surface area contributed by atoms with Gasteiger partial charge < -0.3 is 29.9 Å². The molecular formula is C25H34N6O2S. The molecule has 0 radical (unpaired) electrons. The van der Waals surface area contributed by atoms with Crippen LogP contribution in [0.4, 0.5) is 17.6 Å². The molecule has 9 heteroatoms. The number of benzene rings is 1. The summed E-state index contributed by atoms with van der Waals surface area (Å²) in [6, 6.07) is 8.06. The second-order valence-electron chi connectivity index (χ2n) is 9.77. The third kappa shape index (κ3) is 5.46. The summed E-state index contributed by atoms with van der Waals surface area (Å²) in [6.07, 6.45) is 4.86. The fraction of sp³-hybridized carbons (Fsp3) is 0.560. The average Bonchev–Trinajstić information content (AvgIpc) is 3.31. The Labute approximate surface area is 207 Å². The van der Waals surface area contributed by atoms with Gasteiger partial charge in [-0.25, -0.2) is 0 Å². The van der Waals surface area contributed by atoms with Gasteiger partial charge in [0.15, 0.2) is 16.6 Å². The molecule has 1 aromatic carbocycles. The molecule has 2 aromatic rings. The topological polar surface area (TPSA) is 74.8 Å². The van der Waals surface area contributed by atoms with Crippen LogP contribution >= 0.6 is 12.2 Å². The second-order valence-corrected chi connectivity index (χ2v) is 10.2. The molecule has 5 rings (SSSR count). The van der Waals surface area contributed by atoms with Crippen LogP contribution in [0.2, 0.25) is 0 Å². The van der Waals surface area contributed by atoms with Crippen molar-refractivity contribution in [2.24, 2.45) is 11.8 Å². The molecule has 0 amide bonds. The van der Waals surface area contributed by atoms with Crippen molar-refractivity contribution in [3.05, 3.63) is 29.8 Å². The Morgan fingerprint density at radius 2 is 1.74 bits per heavy atom. The first-order valence-corrected chi connectivity index (χ1v) is 12.8. The van der Waals surface area contributed by atoms with Crippen molar-refractivity contribution < 1.29 is 9.47 Å². The van der Waals surface area contributed by atoms with Crippen LogP contribution in [0, 0.1) is 11.8 Å². The van der Waals surface area contributed by atoms with Gasteiger partial charge in [-0.1, -0.05) is 19.9 Å². The van der Waals surface area contributed by atoms with Crippen LogP contribution in [0.5, 0.6) is 11.5 Å². The summed E-state index contributed by atoms with van der Waals surface area (Å²) < 4.78 is 10.9. The van der Waals surface area contributed by atoms with Gasteiger partial charge in [0.2, 0.25) is 12.7 Å². The summed E-state index contributed by atoms with van der Waals surface area (Å²) in [5, 5.41) is 7.00. The van der Waals surface area contributed by atoms with Crippen LogP contribution < -0.4 is 29.9 Å². The molecule has 1 atom stereocenters. The van der Waals surface area contributed by atoms with Crippen molar-refractivity contribution >= 4 is 34.9 Å². The highest BCUT2D eigenvalue weighted by atomic mass is 32.1. The lowest BCUT2D eigenvalue weighted by molar-refractivity contribution is 0.174. The van der Waals surface area contributed by atoms with Gasteiger partial charge in [-0.05, 0) is 67.4 Å². The van der Waals surface area contributed by atoms with Crippen LogP contribution in [0.25, 0.3) is 0 Å². The predicted molar refractivity (Wildman–Crippen MR) is 139 cm³/mol. The van der Waals surface area contributed by atoms with Gasteiger partial charge in [-0.15, -0.1) is 0 Å². The van der Waals surface area contributed by atoms with Crippen molar-refractivity contribution in [3.8, 4) is 11.5 Å². The number of anilines is 3. The molecule has 2 N–H and O–H groups in total. The number of piperidine rings is 2. The Balaban J connectivity index is 1.29. The first kappa shape index (κ1) is 23.0. The summed E-state index contributed by atoms with van der Waals surface area (Å²) in [4.78, 5) is 14.5. The van der Waals surface area contributed by atoms with E-state index in [-0.39, 0.29) is 6.79 Å². The van der Waals surface area contributed by atoms with E-state index in [0.29, 0.717) is 23.5 Å². The SMILES string of the molecule is CC1CCN(c2cc(N3CCC[C@H](C)C3)nc(NC(=S)NCc3ccc4c(c3)OCO4)n2)CC1. The van der Waals surface area contributed by atoms with Crippen molar-refractivity contribution in [3.63, 3.8) is 0 Å². The molecule has 0 aliphatic carbocycles. The lowest BCUT2D eigenvalue weighted by Gasteiger charge is -2.34. The maximum absolute atomic E-state index is 5.58. The molecule has 2 saturated heterocycles. The quantitative estimate of drug-likeness (QED) is 0.611. The Hall–Kier alpha value is -2.81. The lowest BCUT2D eigenvalue weighted by Crippen LogP contribution is -2.37. The van der Waals surface area contributed by atoms with Gasteiger partial charge in [0.05, 0.1) is 0 Å². The van der Waals surface area contributed by atoms with E-state index in [9.17, 15) is 0 Å². The minimum Gasteiger partial charge on any atom is -0.454 e. The fourth-order valence-electron chi connectivity index (χ4n) is 4.82. The number of ether oxygens (including phenoxy) is 2. The standard InChI is InChI=1S/C25H34N6O2S/c1-17-7-10-30(11-8-17)22-13-23(31-9-3-4-18(2)15-31)28-24(27-22)29-25(34)26-14-19-5-6-20-21(12-19)33-16-32-20/h5-6,12-13,17-18H,3-4,7-11,14-16H2,1-2H3,(H2,26,27,28,29,34)/t18-/m0/s1. The van der Waals surface area contributed by atoms with Crippen molar-refractivity contribution in [1.82, 2.24) is 15.3 Å². The van der Waals surface area contributed by atoms with Crippen LogP contribution in [-0.2, 0) is 6.54 Å². The third-order valence-corrected chi connectivity index (χ3v) is 7.15. The summed E-state index contributed by atoms with van der Waals surface area (Å²) in [5.74, 6) is 5.50. The first-order chi connectivity index (χ1) is 16.5. The monoisotopic (exact) mass is 482 g/mol. The zero-order valence-corrected chi connectivity index (χ0v) is 20.9. The Morgan fingerprint density at radius 3 is 2.53 bits per heavy atom. The van der Waals surface area contributed by atoms with Gasteiger partial charge in [0, 0.05) is 38.8 Å². The molecule has 0 unspecified atom stereocenters. The molecule has 3 aliphatic heterocycles. The van der Waals surface area contributed by atoms with Gasteiger partial charge in [0.25, 0.3) is 0 Å². The first-order valence-electron chi connectivity index (χ1n) is 12.4. The minimum atomic E-state index is 0.272. The average molecular weight is 483 g/mol. The normalized spacial score (nSPS) is 20.4. The number of hydrogen-bond acceptors (Lipinski definition) is 7. The van der Waals surface area contributed by atoms with Crippen LogP contribution in [0.15, 0.2) is 24.3 Å². The predicted octanol–water partition coefficient (Wildman–Crippen LogP) is 4.16. The van der Waals surface area contributed by atoms with Crippen molar-refractivity contribution in [1.29, 1.82) is 0 Å². The number of fused-ring (bicyclic) bond motifs is 1. The highest BCUT2D eigenvalue weighted by Crippen LogP contribution is 2.32. The number of thiocarbonyl (C=S) groups is 1. The fourth-order valence-corrected chi connectivity index (χ4v) is 4.98. The summed E-state index contributed by atoms with van der Waals surface area (Å²) >= 11 is 5.58. The number of aromatic nitrogens is 2. The van der Waals surface area contributed by atoms with Crippen LogP contribution in [-0.4, -0.2) is 48.1 Å². The van der Waals surface area contributed by atoms with E-state index >= 15 is 0 Å². The molecular weight excluding hydrogens is 448 g/mol. The lowest BCUT2D eigenvalue weighted by atomic mass is 9.99. The molecule has 182 valence electrons.